The summed E-state index contributed by atoms with van der Waals surface area (Å²) in [6, 6.07) is 17.4. The first-order valence-electron chi connectivity index (χ1n) is 8.25. The highest BCUT2D eigenvalue weighted by atomic mass is 32.1. The Balaban J connectivity index is 1.62. The Morgan fingerprint density at radius 1 is 1.20 bits per heavy atom. The zero-order valence-electron chi connectivity index (χ0n) is 13.8. The monoisotopic (exact) mass is 353 g/mol. The number of nitrogens with one attached hydrogen (secondary N) is 3. The van der Waals surface area contributed by atoms with Crippen molar-refractivity contribution in [2.75, 3.05) is 0 Å². The maximum atomic E-state index is 13.0. The Hall–Kier alpha value is -2.60. The van der Waals surface area contributed by atoms with Crippen LogP contribution in [-0.2, 0) is 11.3 Å². The molecular formula is C19H19N3O2S. The molecule has 2 aromatic carbocycles. The van der Waals surface area contributed by atoms with Gasteiger partial charge in [0.25, 0.3) is 0 Å². The highest BCUT2D eigenvalue weighted by Gasteiger charge is 2.54. The van der Waals surface area contributed by atoms with Gasteiger partial charge in [-0.2, -0.15) is 0 Å². The van der Waals surface area contributed by atoms with Gasteiger partial charge < -0.3 is 20.7 Å². The smallest absolute Gasteiger partial charge is 0.231 e. The van der Waals surface area contributed by atoms with Crippen molar-refractivity contribution in [1.82, 2.24) is 16.0 Å². The van der Waals surface area contributed by atoms with E-state index in [9.17, 15) is 4.79 Å². The summed E-state index contributed by atoms with van der Waals surface area (Å²) in [6.07, 6.45) is 0. The van der Waals surface area contributed by atoms with Crippen LogP contribution in [0.5, 0.6) is 5.75 Å². The molecule has 2 bridgehead atoms. The first-order chi connectivity index (χ1) is 12.1. The molecule has 0 saturated carbocycles. The fourth-order valence-electron chi connectivity index (χ4n) is 3.58. The number of ether oxygens (including phenoxy) is 1. The quantitative estimate of drug-likeness (QED) is 0.739. The van der Waals surface area contributed by atoms with Crippen molar-refractivity contribution in [3.05, 3.63) is 65.7 Å². The summed E-state index contributed by atoms with van der Waals surface area (Å²) in [5.41, 5.74) is 1.12. The molecule has 2 heterocycles. The summed E-state index contributed by atoms with van der Waals surface area (Å²) in [4.78, 5) is 13.0. The predicted octanol–water partition coefficient (Wildman–Crippen LogP) is 2.25. The number of fused-ring (bicyclic) bond motifs is 4. The van der Waals surface area contributed by atoms with Gasteiger partial charge in [0, 0.05) is 12.1 Å². The van der Waals surface area contributed by atoms with Crippen LogP contribution in [0.1, 0.15) is 24.1 Å². The number of carbonyl (C=O) groups excluding carboxylic acids is 1. The molecule has 1 saturated heterocycles. The molecule has 0 spiro atoms. The van der Waals surface area contributed by atoms with Crippen LogP contribution in [0.2, 0.25) is 0 Å². The topological polar surface area (TPSA) is 62.4 Å². The van der Waals surface area contributed by atoms with Crippen LogP contribution < -0.4 is 20.7 Å². The average molecular weight is 353 g/mol. The second-order valence-corrected chi connectivity index (χ2v) is 6.91. The van der Waals surface area contributed by atoms with Crippen molar-refractivity contribution in [3.63, 3.8) is 0 Å². The van der Waals surface area contributed by atoms with Gasteiger partial charge in [0.15, 0.2) is 10.8 Å². The SMILES string of the molecule is C[C@@]12NC(=S)N[C@@H](c3ccccc3O1)[C@@H]2C(=O)NCc1ccccc1. The van der Waals surface area contributed by atoms with Crippen LogP contribution in [0.25, 0.3) is 0 Å². The number of hydrogen-bond acceptors (Lipinski definition) is 3. The lowest BCUT2D eigenvalue weighted by atomic mass is 9.80. The summed E-state index contributed by atoms with van der Waals surface area (Å²) in [5, 5.41) is 9.89. The van der Waals surface area contributed by atoms with E-state index >= 15 is 0 Å². The molecule has 0 unspecified atom stereocenters. The molecule has 1 fully saturated rings. The fraction of sp³-hybridized carbons (Fsp3) is 0.263. The number of thiocarbonyl (C=S) groups is 1. The molecule has 128 valence electrons. The van der Waals surface area contributed by atoms with E-state index in [1.165, 1.54) is 0 Å². The minimum absolute atomic E-state index is 0.0756. The molecule has 0 aromatic heterocycles. The van der Waals surface area contributed by atoms with E-state index in [1.54, 1.807) is 0 Å². The van der Waals surface area contributed by atoms with E-state index in [2.05, 4.69) is 16.0 Å². The molecule has 25 heavy (non-hydrogen) atoms. The van der Waals surface area contributed by atoms with E-state index in [-0.39, 0.29) is 11.9 Å². The van der Waals surface area contributed by atoms with Crippen molar-refractivity contribution in [3.8, 4) is 5.75 Å². The second-order valence-electron chi connectivity index (χ2n) is 6.50. The molecule has 3 N–H and O–H groups in total. The van der Waals surface area contributed by atoms with E-state index in [0.29, 0.717) is 11.7 Å². The van der Waals surface area contributed by atoms with E-state index in [4.69, 9.17) is 17.0 Å². The van der Waals surface area contributed by atoms with Crippen LogP contribution in [0.4, 0.5) is 0 Å². The van der Waals surface area contributed by atoms with E-state index in [1.807, 2.05) is 61.5 Å². The Kier molecular flexibility index (Phi) is 3.84. The Labute approximate surface area is 151 Å². The first-order valence-corrected chi connectivity index (χ1v) is 8.66. The number of rotatable bonds is 3. The zero-order chi connectivity index (χ0) is 17.4. The normalized spacial score (nSPS) is 26.5. The molecular weight excluding hydrogens is 334 g/mol. The van der Waals surface area contributed by atoms with Crippen LogP contribution in [0.3, 0.4) is 0 Å². The third-order valence-electron chi connectivity index (χ3n) is 4.74. The minimum Gasteiger partial charge on any atom is -0.467 e. The van der Waals surface area contributed by atoms with Gasteiger partial charge in [0.05, 0.1) is 6.04 Å². The lowest BCUT2D eigenvalue weighted by Gasteiger charge is -2.50. The average Bonchev–Trinajstić information content (AvgIpc) is 2.59. The highest BCUT2D eigenvalue weighted by Crippen LogP contribution is 2.44. The zero-order valence-corrected chi connectivity index (χ0v) is 14.6. The molecule has 3 atom stereocenters. The lowest BCUT2D eigenvalue weighted by molar-refractivity contribution is -0.138. The van der Waals surface area contributed by atoms with Crippen LogP contribution in [0, 0.1) is 5.92 Å². The van der Waals surface area contributed by atoms with Gasteiger partial charge in [0.2, 0.25) is 5.91 Å². The second kappa shape index (κ2) is 6.04. The molecule has 0 radical (unpaired) electrons. The van der Waals surface area contributed by atoms with Crippen molar-refractivity contribution in [1.29, 1.82) is 0 Å². The number of carbonyl (C=O) groups is 1. The minimum atomic E-state index is -0.887. The predicted molar refractivity (Wildman–Crippen MR) is 98.9 cm³/mol. The lowest BCUT2D eigenvalue weighted by Crippen LogP contribution is -2.70. The summed E-state index contributed by atoms with van der Waals surface area (Å²) >= 11 is 5.31. The molecule has 0 aliphatic carbocycles. The number of para-hydroxylation sites is 1. The van der Waals surface area contributed by atoms with Gasteiger partial charge in [-0.15, -0.1) is 0 Å². The van der Waals surface area contributed by atoms with Crippen molar-refractivity contribution < 1.29 is 9.53 Å². The van der Waals surface area contributed by atoms with Gasteiger partial charge in [-0.1, -0.05) is 48.5 Å². The fourth-order valence-corrected chi connectivity index (χ4v) is 3.91. The van der Waals surface area contributed by atoms with Gasteiger partial charge in [-0.05, 0) is 30.8 Å². The van der Waals surface area contributed by atoms with Crippen LogP contribution >= 0.6 is 12.2 Å². The molecule has 2 aromatic rings. The van der Waals surface area contributed by atoms with Crippen LogP contribution in [-0.4, -0.2) is 16.7 Å². The van der Waals surface area contributed by atoms with Gasteiger partial charge >= 0.3 is 0 Å². The Morgan fingerprint density at radius 2 is 1.92 bits per heavy atom. The molecule has 6 heteroatoms. The molecule has 5 nitrogen and oxygen atoms in total. The Bertz CT molecular complexity index is 826. The van der Waals surface area contributed by atoms with Gasteiger partial charge in [-0.25, -0.2) is 0 Å². The maximum Gasteiger partial charge on any atom is 0.231 e. The standard InChI is InChI=1S/C19H19N3O2S/c1-19-15(17(23)20-11-12-7-3-2-4-8-12)16(21-18(25)22-19)13-9-5-6-10-14(13)24-19/h2-10,15-16H,11H2,1H3,(H,20,23)(H2,21,22,25)/t15-,16+,19-/m1/s1. The highest BCUT2D eigenvalue weighted by molar-refractivity contribution is 7.80. The van der Waals surface area contributed by atoms with Crippen molar-refractivity contribution in [2.45, 2.75) is 25.2 Å². The number of benzene rings is 2. The van der Waals surface area contributed by atoms with Crippen LogP contribution in [0.15, 0.2) is 54.6 Å². The summed E-state index contributed by atoms with van der Waals surface area (Å²) in [7, 11) is 0. The van der Waals surface area contributed by atoms with Crippen molar-refractivity contribution in [2.24, 2.45) is 5.92 Å². The van der Waals surface area contributed by atoms with Gasteiger partial charge in [-0.3, -0.25) is 4.79 Å². The molecule has 2 aliphatic heterocycles. The summed E-state index contributed by atoms with van der Waals surface area (Å²) < 4.78 is 6.15. The van der Waals surface area contributed by atoms with Crippen molar-refractivity contribution >= 4 is 23.2 Å². The van der Waals surface area contributed by atoms with E-state index < -0.39 is 11.6 Å². The number of amides is 1. The summed E-state index contributed by atoms with van der Waals surface area (Å²) in [6.45, 7) is 2.35. The maximum absolute atomic E-state index is 13.0. The first kappa shape index (κ1) is 15.9. The molecule has 2 aliphatic rings. The van der Waals surface area contributed by atoms with Gasteiger partial charge in [0.1, 0.15) is 11.7 Å². The third-order valence-corrected chi connectivity index (χ3v) is 4.96. The number of hydrogen-bond donors (Lipinski definition) is 3. The largest absolute Gasteiger partial charge is 0.467 e. The summed E-state index contributed by atoms with van der Waals surface area (Å²) in [5.74, 6) is 0.246. The molecule has 1 amide bonds. The van der Waals surface area contributed by atoms with E-state index in [0.717, 1.165) is 16.9 Å². The molecule has 4 rings (SSSR count). The Morgan fingerprint density at radius 3 is 2.72 bits per heavy atom. The third kappa shape index (κ3) is 2.82.